The summed E-state index contributed by atoms with van der Waals surface area (Å²) in [5, 5.41) is 9.74. The molecule has 1 atom stereocenters. The molecule has 0 amide bonds. The number of pyridine rings is 3. The van der Waals surface area contributed by atoms with Gasteiger partial charge in [-0.1, -0.05) is 13.8 Å². The van der Waals surface area contributed by atoms with Crippen LogP contribution in [0.5, 0.6) is 0 Å². The summed E-state index contributed by atoms with van der Waals surface area (Å²) in [6.45, 7) is 4.00. The molecule has 3 heterocycles. The topological polar surface area (TPSA) is 144 Å². The molecule has 3 aromatic heterocycles. The molecule has 1 saturated carbocycles. The molecule has 0 aliphatic heterocycles. The van der Waals surface area contributed by atoms with Crippen LogP contribution in [0.3, 0.4) is 0 Å². The van der Waals surface area contributed by atoms with Crippen LogP contribution in [0.4, 0.5) is 17.5 Å². The summed E-state index contributed by atoms with van der Waals surface area (Å²) in [5.74, 6) is 8.31. The summed E-state index contributed by atoms with van der Waals surface area (Å²) in [5.41, 5.74) is 14.2. The zero-order valence-electron chi connectivity index (χ0n) is 19.1. The van der Waals surface area contributed by atoms with Crippen molar-refractivity contribution in [2.75, 3.05) is 25.1 Å². The number of rotatable bonds is 7. The minimum atomic E-state index is 0.348. The molecule has 170 valence electrons. The summed E-state index contributed by atoms with van der Waals surface area (Å²) in [4.78, 5) is 13.3. The van der Waals surface area contributed by atoms with Gasteiger partial charge in [0.25, 0.3) is 0 Å². The van der Waals surface area contributed by atoms with Crippen LogP contribution in [0.1, 0.15) is 44.0 Å². The third kappa shape index (κ3) is 5.06. The first kappa shape index (κ1) is 23.2. The molecule has 1 aliphatic rings. The fourth-order valence-corrected chi connectivity index (χ4v) is 3.70. The quantitative estimate of drug-likeness (QED) is 0.279. The second-order valence-electron chi connectivity index (χ2n) is 7.55. The van der Waals surface area contributed by atoms with Crippen molar-refractivity contribution in [3.05, 3.63) is 54.1 Å². The Hall–Kier alpha value is -3.43. The van der Waals surface area contributed by atoms with Gasteiger partial charge in [-0.15, -0.1) is 0 Å². The lowest BCUT2D eigenvalue weighted by atomic mass is 10.0. The molecular weight excluding hydrogens is 402 g/mol. The van der Waals surface area contributed by atoms with E-state index in [1.807, 2.05) is 39.2 Å². The zero-order chi connectivity index (χ0) is 23.3. The Bertz CT molecular complexity index is 1090. The minimum Gasteiger partial charge on any atom is -0.403 e. The molecule has 3 aromatic rings. The Morgan fingerprint density at radius 3 is 2.53 bits per heavy atom. The van der Waals surface area contributed by atoms with E-state index in [4.69, 9.17) is 17.3 Å². The highest BCUT2D eigenvalue weighted by atomic mass is 15.4. The summed E-state index contributed by atoms with van der Waals surface area (Å²) in [6, 6.07) is 8.26. The van der Waals surface area contributed by atoms with Gasteiger partial charge >= 0.3 is 0 Å². The van der Waals surface area contributed by atoms with E-state index in [-0.39, 0.29) is 0 Å². The monoisotopic (exact) mass is 435 g/mol. The third-order valence-corrected chi connectivity index (χ3v) is 5.35. The molecule has 32 heavy (non-hydrogen) atoms. The summed E-state index contributed by atoms with van der Waals surface area (Å²) in [7, 11) is 3.69. The van der Waals surface area contributed by atoms with Gasteiger partial charge in [0.15, 0.2) is 0 Å². The van der Waals surface area contributed by atoms with Crippen molar-refractivity contribution in [3.8, 4) is 0 Å². The van der Waals surface area contributed by atoms with Crippen LogP contribution >= 0.6 is 0 Å². The van der Waals surface area contributed by atoms with Gasteiger partial charge in [-0.2, -0.15) is 0 Å². The van der Waals surface area contributed by atoms with Gasteiger partial charge in [-0.3, -0.25) is 0 Å². The molecule has 4 rings (SSSR count). The van der Waals surface area contributed by atoms with Gasteiger partial charge in [-0.25, -0.2) is 20.8 Å². The fourth-order valence-electron chi connectivity index (χ4n) is 3.70. The highest BCUT2D eigenvalue weighted by Crippen LogP contribution is 2.41. The summed E-state index contributed by atoms with van der Waals surface area (Å²) < 4.78 is 0. The van der Waals surface area contributed by atoms with Crippen LogP contribution in [0.15, 0.2) is 42.9 Å². The van der Waals surface area contributed by atoms with Crippen molar-refractivity contribution in [3.63, 3.8) is 0 Å². The number of nitrogen functional groups attached to an aromatic ring is 1. The average molecular weight is 436 g/mol. The molecule has 1 unspecified atom stereocenters. The molecule has 1 aliphatic carbocycles. The maximum atomic E-state index is 6.14. The fraction of sp³-hybridized carbons (Fsp3) is 0.348. The first-order chi connectivity index (χ1) is 15.5. The number of hydrogen-bond donors (Lipinski definition) is 5. The van der Waals surface area contributed by atoms with E-state index < -0.39 is 0 Å². The predicted molar refractivity (Wildman–Crippen MR) is 131 cm³/mol. The number of hydrogen-bond acceptors (Lipinski definition) is 9. The van der Waals surface area contributed by atoms with E-state index in [0.717, 1.165) is 16.6 Å². The van der Waals surface area contributed by atoms with Gasteiger partial charge in [0, 0.05) is 37.1 Å². The van der Waals surface area contributed by atoms with E-state index in [0.29, 0.717) is 35.0 Å². The molecular formula is C23H33N9. The smallest absolute Gasteiger partial charge is 0.133 e. The van der Waals surface area contributed by atoms with Crippen LogP contribution in [0.2, 0.25) is 0 Å². The Morgan fingerprint density at radius 1 is 1.19 bits per heavy atom. The van der Waals surface area contributed by atoms with E-state index in [1.54, 1.807) is 13.2 Å². The van der Waals surface area contributed by atoms with E-state index >= 15 is 0 Å². The number of nitrogens with zero attached hydrogens (tertiary/aromatic N) is 4. The Labute approximate surface area is 189 Å². The highest BCUT2D eigenvalue weighted by molar-refractivity contribution is 5.93. The second-order valence-corrected chi connectivity index (χ2v) is 7.55. The molecule has 9 heteroatoms. The molecule has 0 saturated heterocycles. The van der Waals surface area contributed by atoms with Crippen LogP contribution in [-0.4, -0.2) is 34.1 Å². The van der Waals surface area contributed by atoms with E-state index in [1.165, 1.54) is 29.6 Å². The third-order valence-electron chi connectivity index (χ3n) is 5.35. The van der Waals surface area contributed by atoms with Gasteiger partial charge in [0.05, 0.1) is 11.4 Å². The Kier molecular flexibility index (Phi) is 7.45. The predicted octanol–water partition coefficient (Wildman–Crippen LogP) is 3.11. The first-order valence-corrected chi connectivity index (χ1v) is 10.9. The van der Waals surface area contributed by atoms with Crippen molar-refractivity contribution in [2.24, 2.45) is 17.5 Å². The van der Waals surface area contributed by atoms with Gasteiger partial charge in [-0.05, 0) is 61.0 Å². The molecule has 9 nitrogen and oxygen atoms in total. The molecule has 0 bridgehead atoms. The SMILES string of the molecule is CC.CNC(c1ccnc(Nc2cc3cc(/C(=C/N)N(C)N)nc(N)c3cn2)c1)C1CC1. The lowest BCUT2D eigenvalue weighted by molar-refractivity contribution is 0.508. The lowest BCUT2D eigenvalue weighted by Crippen LogP contribution is -2.25. The molecule has 0 spiro atoms. The van der Waals surface area contributed by atoms with Crippen LogP contribution < -0.4 is 27.9 Å². The highest BCUT2D eigenvalue weighted by Gasteiger charge is 2.31. The van der Waals surface area contributed by atoms with Crippen LogP contribution in [-0.2, 0) is 0 Å². The van der Waals surface area contributed by atoms with Gasteiger partial charge in [0.2, 0.25) is 0 Å². The van der Waals surface area contributed by atoms with Crippen LogP contribution in [0, 0.1) is 5.92 Å². The normalized spacial score (nSPS) is 14.5. The zero-order valence-corrected chi connectivity index (χ0v) is 19.1. The van der Waals surface area contributed by atoms with Gasteiger partial charge in [0.1, 0.15) is 17.5 Å². The van der Waals surface area contributed by atoms with Gasteiger partial charge < -0.3 is 27.1 Å². The number of aromatic nitrogens is 3. The lowest BCUT2D eigenvalue weighted by Gasteiger charge is -2.17. The summed E-state index contributed by atoms with van der Waals surface area (Å²) in [6.07, 6.45) is 7.45. The Morgan fingerprint density at radius 2 is 1.91 bits per heavy atom. The molecule has 8 N–H and O–H groups in total. The van der Waals surface area contributed by atoms with Crippen molar-refractivity contribution < 1.29 is 0 Å². The minimum absolute atomic E-state index is 0.348. The van der Waals surface area contributed by atoms with Crippen molar-refractivity contribution >= 4 is 33.9 Å². The van der Waals surface area contributed by atoms with Crippen molar-refractivity contribution in [1.29, 1.82) is 0 Å². The number of anilines is 3. The van der Waals surface area contributed by atoms with Crippen molar-refractivity contribution in [1.82, 2.24) is 25.3 Å². The number of hydrazine groups is 1. The largest absolute Gasteiger partial charge is 0.403 e. The second kappa shape index (κ2) is 10.3. The maximum absolute atomic E-state index is 6.14. The van der Waals surface area contributed by atoms with Crippen LogP contribution in [0.25, 0.3) is 16.5 Å². The number of fused-ring (bicyclic) bond motifs is 1. The standard InChI is InChI=1S/C21H27N9.C2H6/c1-25-20(12-3-4-12)13-5-6-26-18(8-13)29-19-9-14-7-16(17(10-22)30(2)24)28-21(23)15(14)11-27-19;1-2/h5-12,20,25H,3-4,22,24H2,1-2H3,(H2,23,28)(H,26,27,29);1-2H3/b17-10-;. The average Bonchev–Trinajstić information content (AvgIpc) is 3.61. The molecule has 0 aromatic carbocycles. The molecule has 0 radical (unpaired) electrons. The number of nitrogens with one attached hydrogen (secondary N) is 2. The maximum Gasteiger partial charge on any atom is 0.133 e. The van der Waals surface area contributed by atoms with Crippen molar-refractivity contribution in [2.45, 2.75) is 32.7 Å². The summed E-state index contributed by atoms with van der Waals surface area (Å²) >= 11 is 0. The van der Waals surface area contributed by atoms with E-state index in [9.17, 15) is 0 Å². The Balaban J connectivity index is 0.00000141. The molecule has 1 fully saturated rings. The number of nitrogens with two attached hydrogens (primary N) is 3. The van der Waals surface area contributed by atoms with E-state index in [2.05, 4.69) is 37.7 Å². The first-order valence-electron chi connectivity index (χ1n) is 10.9.